The number of anilines is 1. The van der Waals surface area contributed by atoms with E-state index in [4.69, 9.17) is 0 Å². The Hall–Kier alpha value is -2.46. The molecule has 2 aromatic rings. The third kappa shape index (κ3) is 1.61. The summed E-state index contributed by atoms with van der Waals surface area (Å²) in [5, 5.41) is 13.8. The zero-order valence-corrected chi connectivity index (χ0v) is 11.9. The van der Waals surface area contributed by atoms with Crippen molar-refractivity contribution in [2.24, 2.45) is 5.92 Å². The molecule has 2 aliphatic rings. The summed E-state index contributed by atoms with van der Waals surface area (Å²) < 4.78 is 0. The van der Waals surface area contributed by atoms with Gasteiger partial charge in [-0.05, 0) is 24.5 Å². The van der Waals surface area contributed by atoms with Gasteiger partial charge < -0.3 is 10.4 Å². The summed E-state index contributed by atoms with van der Waals surface area (Å²) in [6, 6.07) is 14.4. The van der Waals surface area contributed by atoms with Crippen molar-refractivity contribution in [3.8, 4) is 0 Å². The molecule has 4 rings (SSSR count). The van der Waals surface area contributed by atoms with Crippen LogP contribution >= 0.6 is 0 Å². The monoisotopic (exact) mass is 293 g/mol. The van der Waals surface area contributed by atoms with Crippen LogP contribution in [0.5, 0.6) is 0 Å². The maximum atomic E-state index is 12.8. The summed E-state index contributed by atoms with van der Waals surface area (Å²) in [6.07, 6.45) is 1.15. The zero-order valence-electron chi connectivity index (χ0n) is 11.9. The zero-order chi connectivity index (χ0) is 15.3. The molecule has 22 heavy (non-hydrogen) atoms. The number of Topliss-reactive ketones (excluding diaryl/α,β-unsaturated/α-hetero) is 1. The molecule has 0 saturated carbocycles. The molecule has 4 heteroatoms. The first-order valence-electron chi connectivity index (χ1n) is 7.38. The van der Waals surface area contributed by atoms with Crippen molar-refractivity contribution in [2.45, 2.75) is 18.4 Å². The molecule has 0 saturated heterocycles. The molecule has 0 radical (unpaired) electrons. The molecule has 1 aliphatic heterocycles. The molecule has 0 bridgehead atoms. The van der Waals surface area contributed by atoms with E-state index in [-0.39, 0.29) is 5.78 Å². The van der Waals surface area contributed by atoms with Crippen molar-refractivity contribution in [3.63, 3.8) is 0 Å². The van der Waals surface area contributed by atoms with Gasteiger partial charge in [-0.2, -0.15) is 0 Å². The Morgan fingerprint density at radius 3 is 2.64 bits per heavy atom. The summed E-state index contributed by atoms with van der Waals surface area (Å²) >= 11 is 0. The Bertz CT molecular complexity index is 798. The highest BCUT2D eigenvalue weighted by Crippen LogP contribution is 2.45. The Balaban J connectivity index is 1.83. The minimum Gasteiger partial charge on any atom is -0.375 e. The van der Waals surface area contributed by atoms with Crippen LogP contribution in [0, 0.1) is 5.92 Å². The molecule has 0 unspecified atom stereocenters. The number of aliphatic hydroxyl groups is 1. The Morgan fingerprint density at radius 2 is 1.77 bits per heavy atom. The third-order valence-corrected chi connectivity index (χ3v) is 4.74. The number of nitrogens with one attached hydrogen (secondary N) is 1. The lowest BCUT2D eigenvalue weighted by Gasteiger charge is -2.33. The standard InChI is InChI=1S/C18H15NO3/c20-16-12-6-2-1-5-11(12)9-10-14(16)18(22)13-7-3-4-8-15(13)19-17(18)21/h1-8,14,22H,9-10H2,(H,19,21)/t14-,18+/m0/s1. The normalized spacial score (nSPS) is 26.3. The van der Waals surface area contributed by atoms with Gasteiger partial charge in [0, 0.05) is 16.8 Å². The molecule has 0 fully saturated rings. The summed E-state index contributed by atoms with van der Waals surface area (Å²) in [5.41, 5.74) is 0.907. The molecular formula is C18H15NO3. The predicted molar refractivity (Wildman–Crippen MR) is 81.6 cm³/mol. The van der Waals surface area contributed by atoms with Crippen LogP contribution in [-0.4, -0.2) is 16.8 Å². The number of hydrogen-bond acceptors (Lipinski definition) is 3. The number of fused-ring (bicyclic) bond motifs is 2. The average Bonchev–Trinajstić information content (AvgIpc) is 2.80. The van der Waals surface area contributed by atoms with Crippen LogP contribution in [0.15, 0.2) is 48.5 Å². The van der Waals surface area contributed by atoms with Crippen LogP contribution in [0.25, 0.3) is 0 Å². The fourth-order valence-corrected chi connectivity index (χ4v) is 3.61. The average molecular weight is 293 g/mol. The van der Waals surface area contributed by atoms with Gasteiger partial charge in [-0.1, -0.05) is 42.5 Å². The third-order valence-electron chi connectivity index (χ3n) is 4.74. The van der Waals surface area contributed by atoms with Crippen molar-refractivity contribution in [1.29, 1.82) is 0 Å². The van der Waals surface area contributed by atoms with E-state index in [1.807, 2.05) is 18.2 Å². The van der Waals surface area contributed by atoms with Crippen molar-refractivity contribution < 1.29 is 14.7 Å². The van der Waals surface area contributed by atoms with Gasteiger partial charge in [0.2, 0.25) is 0 Å². The van der Waals surface area contributed by atoms with E-state index in [2.05, 4.69) is 5.32 Å². The summed E-state index contributed by atoms with van der Waals surface area (Å²) in [7, 11) is 0. The number of hydrogen-bond donors (Lipinski definition) is 2. The van der Waals surface area contributed by atoms with E-state index in [1.54, 1.807) is 30.3 Å². The maximum Gasteiger partial charge on any atom is 0.261 e. The lowest BCUT2D eigenvalue weighted by molar-refractivity contribution is -0.138. The minimum atomic E-state index is -1.78. The van der Waals surface area contributed by atoms with Gasteiger partial charge in [0.05, 0.1) is 5.92 Å². The highest BCUT2D eigenvalue weighted by Gasteiger charge is 2.54. The van der Waals surface area contributed by atoms with Crippen LogP contribution in [0.4, 0.5) is 5.69 Å². The van der Waals surface area contributed by atoms with E-state index < -0.39 is 17.4 Å². The van der Waals surface area contributed by atoms with Gasteiger partial charge in [-0.15, -0.1) is 0 Å². The summed E-state index contributed by atoms with van der Waals surface area (Å²) in [6.45, 7) is 0. The van der Waals surface area contributed by atoms with E-state index in [0.717, 1.165) is 5.56 Å². The molecule has 2 aromatic carbocycles. The molecule has 1 heterocycles. The second-order valence-electron chi connectivity index (χ2n) is 5.88. The van der Waals surface area contributed by atoms with Crippen molar-refractivity contribution in [3.05, 3.63) is 65.2 Å². The Kier molecular flexibility index (Phi) is 2.71. The van der Waals surface area contributed by atoms with Gasteiger partial charge >= 0.3 is 0 Å². The number of amides is 1. The molecule has 0 aromatic heterocycles. The van der Waals surface area contributed by atoms with E-state index in [9.17, 15) is 14.7 Å². The van der Waals surface area contributed by atoms with E-state index in [0.29, 0.717) is 29.7 Å². The SMILES string of the molecule is O=C1c2ccccc2CC[C@@H]1[C@@]1(O)C(=O)Nc2ccccc21. The quantitative estimate of drug-likeness (QED) is 0.847. The molecule has 1 aliphatic carbocycles. The van der Waals surface area contributed by atoms with Crippen LogP contribution < -0.4 is 5.32 Å². The molecule has 2 N–H and O–H groups in total. The Labute approximate surface area is 127 Å². The topological polar surface area (TPSA) is 66.4 Å². The highest BCUT2D eigenvalue weighted by molar-refractivity contribution is 6.11. The fraction of sp³-hybridized carbons (Fsp3) is 0.222. The molecular weight excluding hydrogens is 278 g/mol. The summed E-state index contributed by atoms with van der Waals surface area (Å²) in [5.74, 6) is -1.41. The first-order valence-corrected chi connectivity index (χ1v) is 7.38. The number of carbonyl (C=O) groups excluding carboxylic acids is 2. The molecule has 4 nitrogen and oxygen atoms in total. The first-order chi connectivity index (χ1) is 10.6. The van der Waals surface area contributed by atoms with Crippen LogP contribution in [0.1, 0.15) is 27.9 Å². The smallest absolute Gasteiger partial charge is 0.261 e. The number of rotatable bonds is 1. The van der Waals surface area contributed by atoms with Crippen molar-refractivity contribution in [2.75, 3.05) is 5.32 Å². The molecule has 0 spiro atoms. The van der Waals surface area contributed by atoms with Gasteiger partial charge in [-0.25, -0.2) is 0 Å². The van der Waals surface area contributed by atoms with E-state index >= 15 is 0 Å². The number of benzene rings is 2. The minimum absolute atomic E-state index is 0.156. The number of carbonyl (C=O) groups is 2. The first kappa shape index (κ1) is 13.2. The van der Waals surface area contributed by atoms with Crippen molar-refractivity contribution in [1.82, 2.24) is 0 Å². The molecule has 110 valence electrons. The predicted octanol–water partition coefficient (Wildman–Crippen LogP) is 2.27. The second-order valence-corrected chi connectivity index (χ2v) is 5.88. The van der Waals surface area contributed by atoms with Crippen LogP contribution in [-0.2, 0) is 16.8 Å². The van der Waals surface area contributed by atoms with Crippen molar-refractivity contribution >= 4 is 17.4 Å². The van der Waals surface area contributed by atoms with Crippen LogP contribution in [0.2, 0.25) is 0 Å². The van der Waals surface area contributed by atoms with Gasteiger partial charge in [-0.3, -0.25) is 9.59 Å². The largest absolute Gasteiger partial charge is 0.375 e. The maximum absolute atomic E-state index is 12.8. The van der Waals surface area contributed by atoms with Gasteiger partial charge in [0.25, 0.3) is 5.91 Å². The molecule has 2 atom stereocenters. The highest BCUT2D eigenvalue weighted by atomic mass is 16.3. The molecule has 1 amide bonds. The van der Waals surface area contributed by atoms with Gasteiger partial charge in [0.1, 0.15) is 0 Å². The summed E-state index contributed by atoms with van der Waals surface area (Å²) in [4.78, 5) is 25.2. The lowest BCUT2D eigenvalue weighted by atomic mass is 9.71. The fourth-order valence-electron chi connectivity index (χ4n) is 3.61. The van der Waals surface area contributed by atoms with Crippen LogP contribution in [0.3, 0.4) is 0 Å². The van der Waals surface area contributed by atoms with E-state index in [1.165, 1.54) is 0 Å². The lowest BCUT2D eigenvalue weighted by Crippen LogP contribution is -2.47. The number of ketones is 1. The Morgan fingerprint density at radius 1 is 1.05 bits per heavy atom. The number of aryl methyl sites for hydroxylation is 1. The second kappa shape index (κ2) is 4.52. The van der Waals surface area contributed by atoms with Gasteiger partial charge in [0.15, 0.2) is 11.4 Å². The number of para-hydroxylation sites is 1.